The van der Waals surface area contributed by atoms with Gasteiger partial charge >= 0.3 is 0 Å². The molecule has 3 aromatic carbocycles. The van der Waals surface area contributed by atoms with Crippen molar-refractivity contribution in [1.29, 1.82) is 0 Å². The number of aromatic nitrogens is 2. The molecule has 0 saturated carbocycles. The van der Waals surface area contributed by atoms with Gasteiger partial charge in [0, 0.05) is 11.8 Å². The van der Waals surface area contributed by atoms with Crippen LogP contribution in [0.2, 0.25) is 0 Å². The number of hydrogen-bond donors (Lipinski definition) is 1. The van der Waals surface area contributed by atoms with Gasteiger partial charge in [-0.05, 0) is 36.2 Å². The van der Waals surface area contributed by atoms with Gasteiger partial charge in [0.1, 0.15) is 12.3 Å². The Labute approximate surface area is 180 Å². The molecule has 1 N–H and O–H groups in total. The zero-order valence-electron chi connectivity index (χ0n) is 17.5. The average Bonchev–Trinajstić information content (AvgIpc) is 2.78. The summed E-state index contributed by atoms with van der Waals surface area (Å²) in [4.78, 5) is 25.7. The van der Waals surface area contributed by atoms with Gasteiger partial charge in [0.15, 0.2) is 0 Å². The minimum Gasteiger partial charge on any atom is -0.495 e. The number of hydrogen-bond acceptors (Lipinski definition) is 4. The normalized spacial score (nSPS) is 10.8. The van der Waals surface area contributed by atoms with Crippen LogP contribution in [0.5, 0.6) is 5.75 Å². The largest absolute Gasteiger partial charge is 0.495 e. The molecule has 0 aliphatic heterocycles. The van der Waals surface area contributed by atoms with Crippen LogP contribution in [0.4, 0.5) is 5.69 Å². The van der Waals surface area contributed by atoms with E-state index in [9.17, 15) is 9.59 Å². The fourth-order valence-corrected chi connectivity index (χ4v) is 3.58. The van der Waals surface area contributed by atoms with Crippen molar-refractivity contribution < 1.29 is 9.53 Å². The van der Waals surface area contributed by atoms with E-state index in [2.05, 4.69) is 10.4 Å². The average molecular weight is 413 g/mol. The molecule has 1 aromatic heterocycles. The van der Waals surface area contributed by atoms with Crippen LogP contribution < -0.4 is 15.6 Å². The lowest BCUT2D eigenvalue weighted by Gasteiger charge is -2.13. The summed E-state index contributed by atoms with van der Waals surface area (Å²) in [6.45, 7) is 1.74. The van der Waals surface area contributed by atoms with E-state index in [4.69, 9.17) is 4.74 Å². The first kappa shape index (κ1) is 20.3. The molecule has 6 heteroatoms. The monoisotopic (exact) mass is 413 g/mol. The van der Waals surface area contributed by atoms with Crippen molar-refractivity contribution in [2.75, 3.05) is 12.4 Å². The van der Waals surface area contributed by atoms with Gasteiger partial charge in [0.05, 0.1) is 23.9 Å². The van der Waals surface area contributed by atoms with Crippen molar-refractivity contribution in [2.24, 2.45) is 0 Å². The number of anilines is 1. The van der Waals surface area contributed by atoms with Crippen LogP contribution in [0.1, 0.15) is 16.8 Å². The second-order valence-electron chi connectivity index (χ2n) is 7.37. The molecule has 1 amide bonds. The summed E-state index contributed by atoms with van der Waals surface area (Å²) in [5.74, 6) is 0.210. The summed E-state index contributed by atoms with van der Waals surface area (Å²) in [6, 6.07) is 22.8. The van der Waals surface area contributed by atoms with Crippen molar-refractivity contribution in [3.05, 3.63) is 100.0 Å². The summed E-state index contributed by atoms with van der Waals surface area (Å²) >= 11 is 0. The van der Waals surface area contributed by atoms with E-state index in [1.54, 1.807) is 19.2 Å². The fourth-order valence-electron chi connectivity index (χ4n) is 3.58. The third kappa shape index (κ3) is 4.48. The second-order valence-corrected chi connectivity index (χ2v) is 7.37. The molecule has 0 spiro atoms. The number of aryl methyl sites for hydroxylation is 1. The highest BCUT2D eigenvalue weighted by molar-refractivity contribution is 5.92. The lowest BCUT2D eigenvalue weighted by atomic mass is 10.0. The lowest BCUT2D eigenvalue weighted by Crippen LogP contribution is -2.30. The number of carbonyl (C=O) groups excluding carboxylic acids is 1. The molecule has 1 heterocycles. The molecule has 0 aliphatic rings. The van der Waals surface area contributed by atoms with Gasteiger partial charge in [-0.3, -0.25) is 9.59 Å². The summed E-state index contributed by atoms with van der Waals surface area (Å²) in [6.07, 6.45) is 0.564. The Balaban J connectivity index is 1.67. The fraction of sp³-hybridized carbons (Fsp3) is 0.160. The number of rotatable bonds is 6. The number of methoxy groups -OCH3 is 1. The maximum atomic E-state index is 13.0. The minimum atomic E-state index is -0.348. The van der Waals surface area contributed by atoms with E-state index in [1.807, 2.05) is 67.6 Å². The topological polar surface area (TPSA) is 73.2 Å². The first-order chi connectivity index (χ1) is 15.0. The molecule has 31 heavy (non-hydrogen) atoms. The maximum Gasteiger partial charge on any atom is 0.275 e. The Kier molecular flexibility index (Phi) is 5.80. The highest BCUT2D eigenvalue weighted by Crippen LogP contribution is 2.25. The predicted octanol–water partition coefficient (Wildman–Crippen LogP) is 3.94. The van der Waals surface area contributed by atoms with E-state index in [0.29, 0.717) is 23.2 Å². The summed E-state index contributed by atoms with van der Waals surface area (Å²) in [7, 11) is 1.55. The Morgan fingerprint density at radius 2 is 1.71 bits per heavy atom. The minimum absolute atomic E-state index is 0.192. The van der Waals surface area contributed by atoms with E-state index in [0.717, 1.165) is 22.2 Å². The molecule has 156 valence electrons. The van der Waals surface area contributed by atoms with Crippen molar-refractivity contribution in [1.82, 2.24) is 9.78 Å². The Morgan fingerprint density at radius 1 is 1.00 bits per heavy atom. The Bertz CT molecular complexity index is 1300. The maximum absolute atomic E-state index is 13.0. The number of carbonyl (C=O) groups is 1. The van der Waals surface area contributed by atoms with Crippen molar-refractivity contribution >= 4 is 22.4 Å². The Morgan fingerprint density at radius 3 is 2.45 bits per heavy atom. The van der Waals surface area contributed by atoms with Crippen LogP contribution in [-0.2, 0) is 17.8 Å². The smallest absolute Gasteiger partial charge is 0.275 e. The molecule has 0 fully saturated rings. The van der Waals surface area contributed by atoms with Gasteiger partial charge in [-0.2, -0.15) is 5.10 Å². The van der Waals surface area contributed by atoms with Crippen LogP contribution in [-0.4, -0.2) is 22.8 Å². The molecule has 0 bridgehead atoms. The number of nitrogens with one attached hydrogen (secondary N) is 1. The molecular formula is C25H23N3O3. The molecule has 4 rings (SSSR count). The zero-order valence-corrected chi connectivity index (χ0v) is 17.5. The molecular weight excluding hydrogens is 390 g/mol. The van der Waals surface area contributed by atoms with E-state index in [1.165, 1.54) is 4.68 Å². The second kappa shape index (κ2) is 8.83. The third-order valence-electron chi connectivity index (χ3n) is 5.08. The summed E-state index contributed by atoms with van der Waals surface area (Å²) < 4.78 is 6.55. The summed E-state index contributed by atoms with van der Waals surface area (Å²) in [5.41, 5.74) is 3.09. The molecule has 0 unspecified atom stereocenters. The van der Waals surface area contributed by atoms with Crippen LogP contribution in [0.15, 0.2) is 77.6 Å². The third-order valence-corrected chi connectivity index (χ3v) is 5.08. The van der Waals surface area contributed by atoms with Crippen LogP contribution in [0.25, 0.3) is 10.8 Å². The lowest BCUT2D eigenvalue weighted by molar-refractivity contribution is -0.117. The first-order valence-electron chi connectivity index (χ1n) is 10.0. The predicted molar refractivity (Wildman–Crippen MR) is 122 cm³/mol. The molecule has 6 nitrogen and oxygen atoms in total. The van der Waals surface area contributed by atoms with Gasteiger partial charge < -0.3 is 10.1 Å². The molecule has 0 radical (unpaired) electrons. The van der Waals surface area contributed by atoms with E-state index < -0.39 is 0 Å². The van der Waals surface area contributed by atoms with Crippen molar-refractivity contribution in [2.45, 2.75) is 19.9 Å². The van der Waals surface area contributed by atoms with Gasteiger partial charge in [-0.25, -0.2) is 4.68 Å². The number of ether oxygens (including phenoxy) is 1. The molecule has 0 aliphatic carbocycles. The van der Waals surface area contributed by atoms with Crippen LogP contribution in [0.3, 0.4) is 0 Å². The SMILES string of the molecule is COc1ccc(C)cc1NC(=O)Cn1nc(Cc2ccccc2)c2ccccc2c1=O. The van der Waals surface area contributed by atoms with Crippen LogP contribution >= 0.6 is 0 Å². The van der Waals surface area contributed by atoms with Gasteiger partial charge in [0.25, 0.3) is 5.56 Å². The highest BCUT2D eigenvalue weighted by atomic mass is 16.5. The molecule has 0 saturated heterocycles. The van der Waals surface area contributed by atoms with Crippen molar-refractivity contribution in [3.8, 4) is 5.75 Å². The first-order valence-corrected chi connectivity index (χ1v) is 10.0. The number of benzene rings is 3. The highest BCUT2D eigenvalue weighted by Gasteiger charge is 2.14. The molecule has 0 atom stereocenters. The van der Waals surface area contributed by atoms with E-state index in [-0.39, 0.29) is 18.0 Å². The number of amides is 1. The van der Waals surface area contributed by atoms with Gasteiger partial charge in [-0.1, -0.05) is 54.6 Å². The molecule has 4 aromatic rings. The van der Waals surface area contributed by atoms with Gasteiger partial charge in [0.2, 0.25) is 5.91 Å². The van der Waals surface area contributed by atoms with Gasteiger partial charge in [-0.15, -0.1) is 0 Å². The van der Waals surface area contributed by atoms with E-state index >= 15 is 0 Å². The summed E-state index contributed by atoms with van der Waals surface area (Å²) in [5, 5.41) is 8.73. The quantitative estimate of drug-likeness (QED) is 0.520. The Hall–Kier alpha value is -3.93. The number of nitrogens with zero attached hydrogens (tertiary/aromatic N) is 2. The zero-order chi connectivity index (χ0) is 21.8. The number of fused-ring (bicyclic) bond motifs is 1. The standard InChI is InChI=1S/C25H23N3O3/c1-17-12-13-23(31-2)22(14-17)26-24(29)16-28-25(30)20-11-7-6-10-19(20)21(27-28)15-18-8-4-3-5-9-18/h3-14H,15-16H2,1-2H3,(H,26,29). The van der Waals surface area contributed by atoms with Crippen molar-refractivity contribution in [3.63, 3.8) is 0 Å². The van der Waals surface area contributed by atoms with Crippen LogP contribution in [0, 0.1) is 6.92 Å².